The summed E-state index contributed by atoms with van der Waals surface area (Å²) in [7, 11) is 4.24. The van der Waals surface area contributed by atoms with Gasteiger partial charge in [-0.3, -0.25) is 4.90 Å². The van der Waals surface area contributed by atoms with E-state index in [2.05, 4.69) is 54.2 Å². The molecule has 0 aromatic heterocycles. The molecule has 106 valence electrons. The Labute approximate surface area is 117 Å². The summed E-state index contributed by atoms with van der Waals surface area (Å²) >= 11 is 0. The molecule has 1 aromatic rings. The highest BCUT2D eigenvalue weighted by Gasteiger charge is 2.23. The fourth-order valence-corrected chi connectivity index (χ4v) is 2.99. The molecule has 1 saturated heterocycles. The van der Waals surface area contributed by atoms with E-state index >= 15 is 0 Å². The first-order valence-electron chi connectivity index (χ1n) is 7.35. The van der Waals surface area contributed by atoms with Gasteiger partial charge in [0.1, 0.15) is 0 Å². The predicted molar refractivity (Wildman–Crippen MR) is 82.9 cm³/mol. The molecule has 1 aliphatic rings. The molecule has 2 rings (SSSR count). The van der Waals surface area contributed by atoms with Gasteiger partial charge in [-0.1, -0.05) is 19.1 Å². The lowest BCUT2D eigenvalue weighted by atomic mass is 10.1. The lowest BCUT2D eigenvalue weighted by molar-refractivity contribution is 0.213. The standard InChI is InChI=1S/C16H27N3/c1-5-15-12-19(9-8-18(15)4)16-7-6-14(11-17-3)10-13(16)2/h6-7,10,15,17H,5,8-9,11-12H2,1-4H3. The van der Waals surface area contributed by atoms with Gasteiger partial charge >= 0.3 is 0 Å². The van der Waals surface area contributed by atoms with Crippen molar-refractivity contribution in [3.8, 4) is 0 Å². The summed E-state index contributed by atoms with van der Waals surface area (Å²) in [5.74, 6) is 0. The number of rotatable bonds is 4. The van der Waals surface area contributed by atoms with Crippen LogP contribution in [0.4, 0.5) is 5.69 Å². The third-order valence-electron chi connectivity index (χ3n) is 4.23. The largest absolute Gasteiger partial charge is 0.368 e. The van der Waals surface area contributed by atoms with Crippen LogP contribution in [0.15, 0.2) is 18.2 Å². The first-order chi connectivity index (χ1) is 9.15. The molecule has 1 aliphatic heterocycles. The van der Waals surface area contributed by atoms with E-state index in [0.29, 0.717) is 6.04 Å². The Kier molecular flexibility index (Phi) is 4.83. The number of nitrogens with one attached hydrogen (secondary N) is 1. The van der Waals surface area contributed by atoms with Crippen molar-refractivity contribution in [2.45, 2.75) is 32.9 Å². The second-order valence-corrected chi connectivity index (χ2v) is 5.64. The third-order valence-corrected chi connectivity index (χ3v) is 4.23. The van der Waals surface area contributed by atoms with Gasteiger partial charge in [0.05, 0.1) is 0 Å². The molecule has 1 N–H and O–H groups in total. The number of anilines is 1. The maximum absolute atomic E-state index is 3.21. The molecule has 0 saturated carbocycles. The van der Waals surface area contributed by atoms with E-state index in [-0.39, 0.29) is 0 Å². The van der Waals surface area contributed by atoms with Crippen LogP contribution in [0.2, 0.25) is 0 Å². The summed E-state index contributed by atoms with van der Waals surface area (Å²) in [6.45, 7) is 8.91. The Balaban J connectivity index is 2.13. The zero-order valence-electron chi connectivity index (χ0n) is 12.7. The van der Waals surface area contributed by atoms with Gasteiger partial charge in [-0.2, -0.15) is 0 Å². The smallest absolute Gasteiger partial charge is 0.0397 e. The maximum Gasteiger partial charge on any atom is 0.0397 e. The van der Waals surface area contributed by atoms with Crippen LogP contribution < -0.4 is 10.2 Å². The minimum absolute atomic E-state index is 0.685. The van der Waals surface area contributed by atoms with E-state index in [9.17, 15) is 0 Å². The molecule has 1 atom stereocenters. The predicted octanol–water partition coefficient (Wildman–Crippen LogP) is 2.24. The molecule has 19 heavy (non-hydrogen) atoms. The molecule has 0 radical (unpaired) electrons. The Bertz CT molecular complexity index is 416. The number of hydrogen-bond donors (Lipinski definition) is 1. The first kappa shape index (κ1) is 14.4. The molecule has 3 heteroatoms. The number of aryl methyl sites for hydroxylation is 1. The van der Waals surface area contributed by atoms with Gasteiger partial charge in [0, 0.05) is 37.9 Å². The average molecular weight is 261 g/mol. The Hall–Kier alpha value is -1.06. The van der Waals surface area contributed by atoms with E-state index in [1.807, 2.05) is 7.05 Å². The summed E-state index contributed by atoms with van der Waals surface area (Å²) in [5, 5.41) is 3.21. The van der Waals surface area contributed by atoms with Crippen molar-refractivity contribution in [3.05, 3.63) is 29.3 Å². The molecule has 1 fully saturated rings. The molecule has 0 bridgehead atoms. The quantitative estimate of drug-likeness (QED) is 0.897. The van der Waals surface area contributed by atoms with Crippen LogP contribution >= 0.6 is 0 Å². The van der Waals surface area contributed by atoms with Gasteiger partial charge < -0.3 is 10.2 Å². The zero-order valence-corrected chi connectivity index (χ0v) is 12.7. The van der Waals surface area contributed by atoms with Crippen LogP contribution in [-0.2, 0) is 6.54 Å². The van der Waals surface area contributed by atoms with Gasteiger partial charge in [0.2, 0.25) is 0 Å². The van der Waals surface area contributed by atoms with Crippen LogP contribution in [0, 0.1) is 6.92 Å². The van der Waals surface area contributed by atoms with Crippen LogP contribution in [0.25, 0.3) is 0 Å². The highest BCUT2D eigenvalue weighted by molar-refractivity contribution is 5.55. The lowest BCUT2D eigenvalue weighted by Crippen LogP contribution is -2.51. The van der Waals surface area contributed by atoms with E-state index in [0.717, 1.165) is 26.2 Å². The minimum Gasteiger partial charge on any atom is -0.368 e. The Morgan fingerprint density at radius 3 is 2.74 bits per heavy atom. The van der Waals surface area contributed by atoms with Crippen molar-refractivity contribution in [1.82, 2.24) is 10.2 Å². The fourth-order valence-electron chi connectivity index (χ4n) is 2.99. The summed E-state index contributed by atoms with van der Waals surface area (Å²) in [6.07, 6.45) is 1.23. The average Bonchev–Trinajstić information content (AvgIpc) is 2.40. The molecule has 1 unspecified atom stereocenters. The summed E-state index contributed by atoms with van der Waals surface area (Å²) < 4.78 is 0. The van der Waals surface area contributed by atoms with E-state index in [1.165, 1.54) is 23.2 Å². The molecular formula is C16H27N3. The molecule has 1 aromatic carbocycles. The molecule has 0 aliphatic carbocycles. The van der Waals surface area contributed by atoms with E-state index in [4.69, 9.17) is 0 Å². The van der Waals surface area contributed by atoms with Crippen molar-refractivity contribution in [2.75, 3.05) is 38.6 Å². The van der Waals surface area contributed by atoms with Gasteiger partial charge in [-0.05, 0) is 44.6 Å². The third kappa shape index (κ3) is 3.28. The summed E-state index contributed by atoms with van der Waals surface area (Å²) in [5.41, 5.74) is 4.17. The highest BCUT2D eigenvalue weighted by Crippen LogP contribution is 2.24. The molecule has 0 spiro atoms. The van der Waals surface area contributed by atoms with Gasteiger partial charge in [-0.15, -0.1) is 0 Å². The highest BCUT2D eigenvalue weighted by atomic mass is 15.3. The van der Waals surface area contributed by atoms with Gasteiger partial charge in [-0.25, -0.2) is 0 Å². The minimum atomic E-state index is 0.685. The Morgan fingerprint density at radius 1 is 1.32 bits per heavy atom. The van der Waals surface area contributed by atoms with Crippen LogP contribution in [-0.4, -0.2) is 44.7 Å². The molecule has 1 heterocycles. The normalized spacial score (nSPS) is 20.8. The topological polar surface area (TPSA) is 18.5 Å². The van der Waals surface area contributed by atoms with Gasteiger partial charge in [0.25, 0.3) is 0 Å². The maximum atomic E-state index is 3.21. The van der Waals surface area contributed by atoms with Gasteiger partial charge in [0.15, 0.2) is 0 Å². The molecule has 3 nitrogen and oxygen atoms in total. The van der Waals surface area contributed by atoms with Crippen molar-refractivity contribution in [2.24, 2.45) is 0 Å². The second kappa shape index (κ2) is 6.40. The van der Waals surface area contributed by atoms with Crippen molar-refractivity contribution >= 4 is 5.69 Å². The van der Waals surface area contributed by atoms with Crippen molar-refractivity contribution < 1.29 is 0 Å². The summed E-state index contributed by atoms with van der Waals surface area (Å²) in [6, 6.07) is 7.54. The number of hydrogen-bond acceptors (Lipinski definition) is 3. The van der Waals surface area contributed by atoms with Crippen LogP contribution in [0.3, 0.4) is 0 Å². The zero-order chi connectivity index (χ0) is 13.8. The molecule has 0 amide bonds. The number of piperazine rings is 1. The fraction of sp³-hybridized carbons (Fsp3) is 0.625. The van der Waals surface area contributed by atoms with Crippen LogP contribution in [0.1, 0.15) is 24.5 Å². The number of nitrogens with zero attached hydrogens (tertiary/aromatic N) is 2. The number of benzene rings is 1. The SMILES string of the molecule is CCC1CN(c2ccc(CNC)cc2C)CCN1C. The van der Waals surface area contributed by atoms with E-state index < -0.39 is 0 Å². The van der Waals surface area contributed by atoms with Crippen LogP contribution in [0.5, 0.6) is 0 Å². The Morgan fingerprint density at radius 2 is 2.11 bits per heavy atom. The molecular weight excluding hydrogens is 234 g/mol. The van der Waals surface area contributed by atoms with Crippen molar-refractivity contribution in [3.63, 3.8) is 0 Å². The van der Waals surface area contributed by atoms with E-state index in [1.54, 1.807) is 0 Å². The number of likely N-dealkylation sites (N-methyl/N-ethyl adjacent to an activating group) is 1. The lowest BCUT2D eigenvalue weighted by Gasteiger charge is -2.41. The monoisotopic (exact) mass is 261 g/mol. The second-order valence-electron chi connectivity index (χ2n) is 5.64. The summed E-state index contributed by atoms with van der Waals surface area (Å²) in [4.78, 5) is 5.04. The first-order valence-corrected chi connectivity index (χ1v) is 7.35. The van der Waals surface area contributed by atoms with Crippen molar-refractivity contribution in [1.29, 1.82) is 0 Å².